The van der Waals surface area contributed by atoms with Crippen molar-refractivity contribution in [2.75, 3.05) is 6.61 Å². The minimum absolute atomic E-state index is 0.215. The van der Waals surface area contributed by atoms with Crippen LogP contribution in [0.1, 0.15) is 59.3 Å². The van der Waals surface area contributed by atoms with Crippen molar-refractivity contribution in [3.63, 3.8) is 0 Å². The molecule has 4 unspecified atom stereocenters. The fourth-order valence-electron chi connectivity index (χ4n) is 2.48. The first-order chi connectivity index (χ1) is 7.67. The van der Waals surface area contributed by atoms with Gasteiger partial charge >= 0.3 is 0 Å². The van der Waals surface area contributed by atoms with Gasteiger partial charge in [0.25, 0.3) is 0 Å². The Morgan fingerprint density at radius 3 is 2.69 bits per heavy atom. The average Bonchev–Trinajstić information content (AvgIpc) is 2.35. The van der Waals surface area contributed by atoms with Gasteiger partial charge in [-0.3, -0.25) is 0 Å². The Balaban J connectivity index is 2.21. The van der Waals surface area contributed by atoms with E-state index in [0.29, 0.717) is 12.0 Å². The van der Waals surface area contributed by atoms with Crippen molar-refractivity contribution < 1.29 is 4.74 Å². The van der Waals surface area contributed by atoms with E-state index in [0.717, 1.165) is 18.9 Å². The maximum atomic E-state index is 6.09. The van der Waals surface area contributed by atoms with Gasteiger partial charge in [0.1, 0.15) is 0 Å². The van der Waals surface area contributed by atoms with Crippen molar-refractivity contribution in [1.82, 2.24) is 0 Å². The molecule has 0 amide bonds. The van der Waals surface area contributed by atoms with Crippen LogP contribution >= 0.6 is 0 Å². The molecule has 0 heterocycles. The molecular weight excluding hydrogens is 198 g/mol. The normalized spacial score (nSPS) is 30.0. The smallest absolute Gasteiger partial charge is 0.0623 e. The summed E-state index contributed by atoms with van der Waals surface area (Å²) >= 11 is 0. The van der Waals surface area contributed by atoms with Gasteiger partial charge < -0.3 is 10.5 Å². The number of nitrogens with two attached hydrogens (primary N) is 1. The lowest BCUT2D eigenvalue weighted by atomic mass is 9.85. The van der Waals surface area contributed by atoms with E-state index < -0.39 is 0 Å². The molecule has 4 atom stereocenters. The van der Waals surface area contributed by atoms with Crippen molar-refractivity contribution in [2.24, 2.45) is 17.6 Å². The van der Waals surface area contributed by atoms with Gasteiger partial charge in [-0.05, 0) is 24.7 Å². The number of hydrogen-bond donors (Lipinski definition) is 1. The third-order valence-corrected chi connectivity index (χ3v) is 4.21. The summed E-state index contributed by atoms with van der Waals surface area (Å²) in [4.78, 5) is 0. The summed E-state index contributed by atoms with van der Waals surface area (Å²) in [6, 6.07) is 0.215. The van der Waals surface area contributed by atoms with Gasteiger partial charge in [-0.15, -0.1) is 0 Å². The predicted molar refractivity (Wildman–Crippen MR) is 69.4 cm³/mol. The molecule has 0 aliphatic heterocycles. The van der Waals surface area contributed by atoms with Crippen molar-refractivity contribution >= 4 is 0 Å². The van der Waals surface area contributed by atoms with Crippen LogP contribution in [0.3, 0.4) is 0 Å². The summed E-state index contributed by atoms with van der Waals surface area (Å²) in [7, 11) is 0. The SMILES string of the molecule is CCC1CCCC(OCC(N)C(C)CC)C1. The molecule has 0 aromatic carbocycles. The van der Waals surface area contributed by atoms with E-state index in [1.807, 2.05) is 0 Å². The second-order valence-corrected chi connectivity index (χ2v) is 5.45. The second kappa shape index (κ2) is 7.29. The highest BCUT2D eigenvalue weighted by Gasteiger charge is 2.22. The second-order valence-electron chi connectivity index (χ2n) is 5.45. The first kappa shape index (κ1) is 14.0. The van der Waals surface area contributed by atoms with E-state index in [-0.39, 0.29) is 6.04 Å². The highest BCUT2D eigenvalue weighted by molar-refractivity contribution is 4.74. The monoisotopic (exact) mass is 227 g/mol. The van der Waals surface area contributed by atoms with Crippen molar-refractivity contribution in [1.29, 1.82) is 0 Å². The molecule has 1 aliphatic rings. The molecule has 16 heavy (non-hydrogen) atoms. The van der Waals surface area contributed by atoms with Crippen LogP contribution < -0.4 is 5.73 Å². The van der Waals surface area contributed by atoms with E-state index in [9.17, 15) is 0 Å². The Labute approximate surface area is 101 Å². The molecule has 0 aromatic heterocycles. The van der Waals surface area contributed by atoms with Gasteiger partial charge in [0, 0.05) is 6.04 Å². The first-order valence-electron chi connectivity index (χ1n) is 7.04. The largest absolute Gasteiger partial charge is 0.377 e. The van der Waals surface area contributed by atoms with Crippen LogP contribution in [0.25, 0.3) is 0 Å². The van der Waals surface area contributed by atoms with Crippen molar-refractivity contribution in [2.45, 2.75) is 71.4 Å². The fourth-order valence-corrected chi connectivity index (χ4v) is 2.48. The van der Waals surface area contributed by atoms with Crippen LogP contribution in [0.4, 0.5) is 0 Å². The molecule has 0 spiro atoms. The summed E-state index contributed by atoms with van der Waals surface area (Å²) in [6.07, 6.45) is 8.15. The van der Waals surface area contributed by atoms with Gasteiger partial charge in [0.15, 0.2) is 0 Å². The first-order valence-corrected chi connectivity index (χ1v) is 7.04. The fraction of sp³-hybridized carbons (Fsp3) is 1.00. The lowest BCUT2D eigenvalue weighted by Gasteiger charge is -2.30. The molecule has 0 aromatic rings. The zero-order chi connectivity index (χ0) is 12.0. The molecule has 1 rings (SSSR count). The minimum atomic E-state index is 0.215. The Morgan fingerprint density at radius 1 is 1.31 bits per heavy atom. The Kier molecular flexibility index (Phi) is 6.37. The Bertz CT molecular complexity index is 184. The molecule has 0 bridgehead atoms. The van der Waals surface area contributed by atoms with Gasteiger partial charge in [-0.2, -0.15) is 0 Å². The molecule has 0 saturated heterocycles. The lowest BCUT2D eigenvalue weighted by Crippen LogP contribution is -2.35. The maximum Gasteiger partial charge on any atom is 0.0623 e. The molecule has 1 fully saturated rings. The van der Waals surface area contributed by atoms with Gasteiger partial charge in [0.05, 0.1) is 12.7 Å². The average molecular weight is 227 g/mol. The Morgan fingerprint density at radius 2 is 2.06 bits per heavy atom. The maximum absolute atomic E-state index is 6.09. The van der Waals surface area contributed by atoms with Crippen LogP contribution in [0.5, 0.6) is 0 Å². The van der Waals surface area contributed by atoms with Crippen LogP contribution in [0.15, 0.2) is 0 Å². The van der Waals surface area contributed by atoms with Crippen molar-refractivity contribution in [3.8, 4) is 0 Å². The highest BCUT2D eigenvalue weighted by Crippen LogP contribution is 2.28. The molecule has 2 heteroatoms. The van der Waals surface area contributed by atoms with Crippen LogP contribution in [0, 0.1) is 11.8 Å². The van der Waals surface area contributed by atoms with Gasteiger partial charge in [-0.1, -0.05) is 46.5 Å². The minimum Gasteiger partial charge on any atom is -0.377 e. The summed E-state index contributed by atoms with van der Waals surface area (Å²) in [5, 5.41) is 0. The summed E-state index contributed by atoms with van der Waals surface area (Å²) in [5.74, 6) is 1.46. The van der Waals surface area contributed by atoms with Crippen LogP contribution in [-0.2, 0) is 4.74 Å². The molecule has 0 radical (unpaired) electrons. The third kappa shape index (κ3) is 4.42. The zero-order valence-electron chi connectivity index (χ0n) is 11.2. The number of rotatable bonds is 6. The lowest BCUT2D eigenvalue weighted by molar-refractivity contribution is 0.0000279. The highest BCUT2D eigenvalue weighted by atomic mass is 16.5. The molecule has 1 saturated carbocycles. The third-order valence-electron chi connectivity index (χ3n) is 4.21. The summed E-state index contributed by atoms with van der Waals surface area (Å²) in [6.45, 7) is 7.44. The molecule has 2 N–H and O–H groups in total. The van der Waals surface area contributed by atoms with E-state index in [1.165, 1.54) is 32.1 Å². The van der Waals surface area contributed by atoms with E-state index in [1.54, 1.807) is 0 Å². The van der Waals surface area contributed by atoms with Crippen molar-refractivity contribution in [3.05, 3.63) is 0 Å². The summed E-state index contributed by atoms with van der Waals surface area (Å²) in [5.41, 5.74) is 6.09. The topological polar surface area (TPSA) is 35.2 Å². The van der Waals surface area contributed by atoms with E-state index in [2.05, 4.69) is 20.8 Å². The number of ether oxygens (including phenoxy) is 1. The van der Waals surface area contributed by atoms with E-state index >= 15 is 0 Å². The molecule has 96 valence electrons. The number of hydrogen-bond acceptors (Lipinski definition) is 2. The van der Waals surface area contributed by atoms with E-state index in [4.69, 9.17) is 10.5 Å². The molecule has 1 aliphatic carbocycles. The quantitative estimate of drug-likeness (QED) is 0.755. The molecular formula is C14H29NO. The van der Waals surface area contributed by atoms with Gasteiger partial charge in [0.2, 0.25) is 0 Å². The van der Waals surface area contributed by atoms with Crippen LogP contribution in [-0.4, -0.2) is 18.8 Å². The standard InChI is InChI=1S/C14H29NO/c1-4-11(3)14(15)10-16-13-8-6-7-12(5-2)9-13/h11-14H,4-10,15H2,1-3H3. The van der Waals surface area contributed by atoms with Gasteiger partial charge in [-0.25, -0.2) is 0 Å². The summed E-state index contributed by atoms with van der Waals surface area (Å²) < 4.78 is 5.97. The zero-order valence-corrected chi connectivity index (χ0v) is 11.2. The van der Waals surface area contributed by atoms with Crippen LogP contribution in [0.2, 0.25) is 0 Å². The molecule has 2 nitrogen and oxygen atoms in total. The predicted octanol–water partition coefficient (Wildman–Crippen LogP) is 3.35. The Hall–Kier alpha value is -0.0800.